The van der Waals surface area contributed by atoms with E-state index in [9.17, 15) is 0 Å². The molecular formula is C14H20N2O. The van der Waals surface area contributed by atoms with Crippen LogP contribution in [-0.2, 0) is 6.54 Å². The molecule has 17 heavy (non-hydrogen) atoms. The lowest BCUT2D eigenvalue weighted by Gasteiger charge is -2.12. The molecule has 0 amide bonds. The molecule has 1 aliphatic rings. The van der Waals surface area contributed by atoms with Gasteiger partial charge in [0.1, 0.15) is 5.75 Å². The molecule has 0 saturated heterocycles. The summed E-state index contributed by atoms with van der Waals surface area (Å²) in [6.07, 6.45) is 10.3. The second-order valence-electron chi connectivity index (χ2n) is 4.54. The van der Waals surface area contributed by atoms with Crippen molar-refractivity contribution in [2.45, 2.75) is 38.6 Å². The smallest absolute Gasteiger partial charge is 0.133 e. The third-order valence-electron chi connectivity index (χ3n) is 3.12. The summed E-state index contributed by atoms with van der Waals surface area (Å²) in [6, 6.07) is 3.52. The van der Waals surface area contributed by atoms with Crippen LogP contribution in [0.2, 0.25) is 0 Å². The molecule has 1 aromatic rings. The van der Waals surface area contributed by atoms with Crippen molar-refractivity contribution in [2.75, 3.05) is 6.54 Å². The highest BCUT2D eigenvalue weighted by molar-refractivity contribution is 5.17. The van der Waals surface area contributed by atoms with E-state index in [0.29, 0.717) is 0 Å². The number of nitrogens with zero attached hydrogens (tertiary/aromatic N) is 1. The molecule has 3 heteroatoms. The van der Waals surface area contributed by atoms with Gasteiger partial charge in [-0.2, -0.15) is 0 Å². The number of aromatic nitrogens is 1. The first-order valence-corrected chi connectivity index (χ1v) is 6.37. The molecule has 1 heterocycles. The van der Waals surface area contributed by atoms with Gasteiger partial charge in [-0.1, -0.05) is 11.6 Å². The average Bonchev–Trinajstić information content (AvgIpc) is 2.38. The zero-order valence-electron chi connectivity index (χ0n) is 10.2. The zero-order chi connectivity index (χ0) is 11.9. The van der Waals surface area contributed by atoms with Crippen molar-refractivity contribution in [1.29, 1.82) is 0 Å². The topological polar surface area (TPSA) is 45.1 Å². The maximum absolute atomic E-state index is 9.11. The van der Waals surface area contributed by atoms with Gasteiger partial charge in [-0.15, -0.1) is 0 Å². The number of hydrogen-bond donors (Lipinski definition) is 2. The Hall–Kier alpha value is -1.35. The molecule has 0 atom stereocenters. The predicted molar refractivity (Wildman–Crippen MR) is 68.8 cm³/mol. The van der Waals surface area contributed by atoms with Crippen LogP contribution in [0.5, 0.6) is 5.75 Å². The van der Waals surface area contributed by atoms with E-state index in [2.05, 4.69) is 16.4 Å². The molecule has 2 rings (SSSR count). The Morgan fingerprint density at radius 3 is 2.94 bits per heavy atom. The predicted octanol–water partition coefficient (Wildman–Crippen LogP) is 2.77. The summed E-state index contributed by atoms with van der Waals surface area (Å²) in [4.78, 5) is 4.14. The summed E-state index contributed by atoms with van der Waals surface area (Å²) in [5.41, 5.74) is 2.57. The Morgan fingerprint density at radius 1 is 1.29 bits per heavy atom. The maximum Gasteiger partial charge on any atom is 0.133 e. The summed E-state index contributed by atoms with van der Waals surface area (Å²) in [6.45, 7) is 1.78. The van der Waals surface area contributed by atoms with Crippen molar-refractivity contribution in [3.8, 4) is 5.75 Å². The first-order chi connectivity index (χ1) is 8.34. The lowest BCUT2D eigenvalue weighted by Crippen LogP contribution is -2.16. The molecular weight excluding hydrogens is 212 g/mol. The minimum absolute atomic E-state index is 0.223. The number of aromatic hydroxyl groups is 1. The quantitative estimate of drug-likeness (QED) is 0.606. The van der Waals surface area contributed by atoms with Crippen molar-refractivity contribution < 1.29 is 5.11 Å². The zero-order valence-corrected chi connectivity index (χ0v) is 10.2. The molecule has 0 unspecified atom stereocenters. The van der Waals surface area contributed by atoms with Crippen LogP contribution in [-0.4, -0.2) is 16.6 Å². The Balaban J connectivity index is 1.66. The van der Waals surface area contributed by atoms with Crippen molar-refractivity contribution in [3.05, 3.63) is 35.7 Å². The van der Waals surface area contributed by atoms with Crippen molar-refractivity contribution in [1.82, 2.24) is 10.3 Å². The van der Waals surface area contributed by atoms with Crippen molar-refractivity contribution >= 4 is 0 Å². The number of allylic oxidation sites excluding steroid dienone is 1. The minimum atomic E-state index is 0.223. The lowest BCUT2D eigenvalue weighted by atomic mass is 9.97. The van der Waals surface area contributed by atoms with Gasteiger partial charge in [0.05, 0.1) is 11.9 Å². The highest BCUT2D eigenvalue weighted by Gasteiger charge is 2.02. The second-order valence-corrected chi connectivity index (χ2v) is 4.54. The maximum atomic E-state index is 9.11. The number of hydrogen-bond acceptors (Lipinski definition) is 3. The molecule has 0 spiro atoms. The van der Waals surface area contributed by atoms with Gasteiger partial charge in [-0.25, -0.2) is 0 Å². The molecule has 1 aliphatic carbocycles. The Labute approximate surface area is 103 Å². The van der Waals surface area contributed by atoms with Gasteiger partial charge in [-0.3, -0.25) is 4.98 Å². The Kier molecular flexibility index (Phi) is 4.56. The molecule has 0 aliphatic heterocycles. The van der Waals surface area contributed by atoms with Gasteiger partial charge in [0.15, 0.2) is 0 Å². The monoisotopic (exact) mass is 232 g/mol. The largest absolute Gasteiger partial charge is 0.506 e. The van der Waals surface area contributed by atoms with E-state index >= 15 is 0 Å². The van der Waals surface area contributed by atoms with E-state index in [1.807, 2.05) is 6.07 Å². The van der Waals surface area contributed by atoms with Gasteiger partial charge in [0.25, 0.3) is 0 Å². The van der Waals surface area contributed by atoms with Gasteiger partial charge in [-0.05, 0) is 50.8 Å². The van der Waals surface area contributed by atoms with E-state index < -0.39 is 0 Å². The van der Waals surface area contributed by atoms with Crippen LogP contribution >= 0.6 is 0 Å². The van der Waals surface area contributed by atoms with Crippen LogP contribution in [0, 0.1) is 0 Å². The van der Waals surface area contributed by atoms with Crippen LogP contribution in [0.1, 0.15) is 37.8 Å². The van der Waals surface area contributed by atoms with Crippen molar-refractivity contribution in [2.24, 2.45) is 0 Å². The Bertz CT molecular complexity index is 370. The van der Waals surface area contributed by atoms with E-state index in [0.717, 1.165) is 25.2 Å². The molecule has 0 aromatic carbocycles. The summed E-state index contributed by atoms with van der Waals surface area (Å²) in [7, 11) is 0. The molecule has 0 radical (unpaired) electrons. The van der Waals surface area contributed by atoms with E-state index in [-0.39, 0.29) is 5.75 Å². The minimum Gasteiger partial charge on any atom is -0.506 e. The second kappa shape index (κ2) is 6.40. The first kappa shape index (κ1) is 12.1. The van der Waals surface area contributed by atoms with Crippen LogP contribution < -0.4 is 5.32 Å². The lowest BCUT2D eigenvalue weighted by molar-refractivity contribution is 0.471. The third kappa shape index (κ3) is 4.19. The molecule has 92 valence electrons. The summed E-state index contributed by atoms with van der Waals surface area (Å²) < 4.78 is 0. The molecule has 0 bridgehead atoms. The number of nitrogens with one attached hydrogen (secondary N) is 1. The van der Waals surface area contributed by atoms with Gasteiger partial charge in [0, 0.05) is 6.54 Å². The van der Waals surface area contributed by atoms with Gasteiger partial charge >= 0.3 is 0 Å². The fourth-order valence-corrected chi connectivity index (χ4v) is 2.12. The van der Waals surface area contributed by atoms with Crippen LogP contribution in [0.15, 0.2) is 30.0 Å². The highest BCUT2D eigenvalue weighted by atomic mass is 16.3. The Morgan fingerprint density at radius 2 is 2.24 bits per heavy atom. The molecule has 1 aromatic heterocycles. The van der Waals surface area contributed by atoms with E-state index in [4.69, 9.17) is 5.11 Å². The standard InChI is InChI=1S/C14H20N2O/c17-14-7-6-13(16-11-14)10-15-9-8-12-4-2-1-3-5-12/h4,6-7,11,15,17H,1-3,5,8-10H2. The molecule has 2 N–H and O–H groups in total. The number of rotatable bonds is 5. The SMILES string of the molecule is Oc1ccc(CNCCC2=CCCCC2)nc1. The fraction of sp³-hybridized carbons (Fsp3) is 0.500. The van der Waals surface area contributed by atoms with Crippen molar-refractivity contribution in [3.63, 3.8) is 0 Å². The summed E-state index contributed by atoms with van der Waals surface area (Å²) in [5.74, 6) is 0.223. The fourth-order valence-electron chi connectivity index (χ4n) is 2.12. The first-order valence-electron chi connectivity index (χ1n) is 6.37. The number of pyridine rings is 1. The summed E-state index contributed by atoms with van der Waals surface area (Å²) >= 11 is 0. The highest BCUT2D eigenvalue weighted by Crippen LogP contribution is 2.19. The molecule has 0 fully saturated rings. The van der Waals surface area contributed by atoms with Gasteiger partial charge in [0.2, 0.25) is 0 Å². The third-order valence-corrected chi connectivity index (χ3v) is 3.12. The van der Waals surface area contributed by atoms with Crippen LogP contribution in [0.3, 0.4) is 0 Å². The van der Waals surface area contributed by atoms with E-state index in [1.54, 1.807) is 11.6 Å². The van der Waals surface area contributed by atoms with E-state index in [1.165, 1.54) is 31.9 Å². The normalized spacial score (nSPS) is 15.6. The summed E-state index contributed by atoms with van der Waals surface area (Å²) in [5, 5.41) is 12.5. The molecule has 0 saturated carbocycles. The molecule has 3 nitrogen and oxygen atoms in total. The average molecular weight is 232 g/mol. The van der Waals surface area contributed by atoms with Crippen LogP contribution in [0.25, 0.3) is 0 Å². The van der Waals surface area contributed by atoms with Gasteiger partial charge < -0.3 is 10.4 Å². The van der Waals surface area contributed by atoms with Crippen LogP contribution in [0.4, 0.5) is 0 Å².